The monoisotopic (exact) mass is 608 g/mol. The van der Waals surface area contributed by atoms with Crippen molar-refractivity contribution in [2.45, 2.75) is 65.7 Å². The molecule has 0 N–H and O–H groups in total. The highest BCUT2D eigenvalue weighted by Gasteiger charge is 2.61. The smallest absolute Gasteiger partial charge is 0.423 e. The van der Waals surface area contributed by atoms with Crippen LogP contribution >= 0.6 is 0 Å². The molecule has 0 aromatic heterocycles. The van der Waals surface area contributed by atoms with Gasteiger partial charge in [0.2, 0.25) is 5.83 Å². The maximum atomic E-state index is 14.9. The average molecular weight is 609 g/mol. The van der Waals surface area contributed by atoms with E-state index in [1.54, 1.807) is 13.0 Å². The Kier molecular flexibility index (Phi) is 14.9. The van der Waals surface area contributed by atoms with Crippen molar-refractivity contribution >= 4 is 0 Å². The molecule has 0 spiro atoms. The Balaban J connectivity index is 5.56. The summed E-state index contributed by atoms with van der Waals surface area (Å²) in [7, 11) is 0. The third-order valence-electron chi connectivity index (χ3n) is 6.52. The number of alkyl halides is 5. The van der Waals surface area contributed by atoms with Crippen LogP contribution in [0.1, 0.15) is 53.4 Å². The van der Waals surface area contributed by atoms with Crippen molar-refractivity contribution in [3.63, 3.8) is 0 Å². The molecule has 2 atom stereocenters. The first-order valence-corrected chi connectivity index (χ1v) is 12.8. The Morgan fingerprint density at radius 3 is 1.57 bits per heavy atom. The Hall–Kier alpha value is -3.43. The summed E-state index contributed by atoms with van der Waals surface area (Å²) in [6.07, 6.45) is -4.45. The van der Waals surface area contributed by atoms with Crippen LogP contribution in [0.15, 0.2) is 120 Å². The van der Waals surface area contributed by atoms with E-state index in [2.05, 4.69) is 65.0 Å². The number of rotatable bonds is 17. The van der Waals surface area contributed by atoms with Gasteiger partial charge in [0, 0.05) is 16.7 Å². The molecule has 0 heterocycles. The van der Waals surface area contributed by atoms with Crippen molar-refractivity contribution in [3.8, 4) is 0 Å². The van der Waals surface area contributed by atoms with Crippen LogP contribution in [0.5, 0.6) is 0 Å². The molecule has 1 nitrogen and oxygen atoms in total. The van der Waals surface area contributed by atoms with Gasteiger partial charge in [0.15, 0.2) is 23.2 Å². The molecule has 10 heteroatoms. The van der Waals surface area contributed by atoms with E-state index in [0.717, 1.165) is 31.4 Å². The second-order valence-corrected chi connectivity index (χ2v) is 9.83. The van der Waals surface area contributed by atoms with Crippen molar-refractivity contribution in [1.82, 2.24) is 0 Å². The molecule has 0 aliphatic heterocycles. The molecule has 0 aromatic carbocycles. The minimum absolute atomic E-state index is 0.196. The number of hydrogen-bond donors (Lipinski definition) is 0. The van der Waals surface area contributed by atoms with E-state index < -0.39 is 58.1 Å². The molecule has 0 saturated carbocycles. The molecular weight excluding hydrogens is 571 g/mol. The summed E-state index contributed by atoms with van der Waals surface area (Å²) in [6, 6.07) is 0. The highest BCUT2D eigenvalue weighted by Crippen LogP contribution is 2.40. The SMILES string of the molecule is C=C(/C=C\C(=C)C(=C)/C(F)=C(/F)C(=C)/C(C)=C/CC(C)C(C)CCCC)C(=C)/C(F)=C(/F)C(=C)OC(F)(F)C(F)(F)F. The third-order valence-corrected chi connectivity index (χ3v) is 6.52. The van der Waals surface area contributed by atoms with Gasteiger partial charge < -0.3 is 4.74 Å². The van der Waals surface area contributed by atoms with Crippen LogP contribution in [0.4, 0.5) is 39.5 Å². The number of halogens is 9. The molecule has 0 bridgehead atoms. The van der Waals surface area contributed by atoms with Gasteiger partial charge in [0.05, 0.1) is 0 Å². The molecule has 0 aromatic rings. The normalized spacial score (nSPS) is 15.4. The van der Waals surface area contributed by atoms with E-state index in [4.69, 9.17) is 0 Å². The van der Waals surface area contributed by atoms with E-state index in [-0.39, 0.29) is 11.1 Å². The molecule has 0 amide bonds. The zero-order chi connectivity index (χ0) is 33.2. The largest absolute Gasteiger partial charge is 0.499 e. The van der Waals surface area contributed by atoms with Crippen LogP contribution in [-0.2, 0) is 4.74 Å². The Morgan fingerprint density at radius 2 is 1.14 bits per heavy atom. The summed E-state index contributed by atoms with van der Waals surface area (Å²) in [5.74, 6) is -8.11. The van der Waals surface area contributed by atoms with Crippen molar-refractivity contribution in [2.75, 3.05) is 0 Å². The molecular formula is C32H37F9O. The van der Waals surface area contributed by atoms with Gasteiger partial charge in [-0.2, -0.15) is 26.3 Å². The maximum absolute atomic E-state index is 14.9. The lowest BCUT2D eigenvalue weighted by Crippen LogP contribution is -2.38. The van der Waals surface area contributed by atoms with E-state index in [1.807, 2.05) is 0 Å². The van der Waals surface area contributed by atoms with Gasteiger partial charge in [-0.05, 0) is 41.9 Å². The summed E-state index contributed by atoms with van der Waals surface area (Å²) in [4.78, 5) is 0. The van der Waals surface area contributed by atoms with Crippen molar-refractivity contribution in [3.05, 3.63) is 120 Å². The van der Waals surface area contributed by atoms with Crippen LogP contribution in [0.2, 0.25) is 0 Å². The summed E-state index contributed by atoms with van der Waals surface area (Å²) < 4.78 is 124. The van der Waals surface area contributed by atoms with E-state index in [1.165, 1.54) is 0 Å². The standard InChI is InChI=1S/C32H37F9O/c1-11-12-13-18(2)19(3)14-15-20(4)23(7)27(33)28(34)24(8)21(5)16-17-22(6)25(9)29(35)30(36)26(10)42-32(40,41)31(37,38)39/h15-19H,5-14H2,1-4H3/b17-16-,20-15+,28-27-,30-29-. The first-order chi connectivity index (χ1) is 19.1. The van der Waals surface area contributed by atoms with Gasteiger partial charge in [-0.25, -0.2) is 13.2 Å². The van der Waals surface area contributed by atoms with Gasteiger partial charge in [-0.15, -0.1) is 0 Å². The third kappa shape index (κ3) is 11.1. The van der Waals surface area contributed by atoms with Gasteiger partial charge >= 0.3 is 12.3 Å². The Labute approximate surface area is 242 Å². The molecule has 234 valence electrons. The van der Waals surface area contributed by atoms with Gasteiger partial charge in [0.25, 0.3) is 0 Å². The highest BCUT2D eigenvalue weighted by atomic mass is 19.4. The molecule has 0 aliphatic carbocycles. The molecule has 0 saturated heterocycles. The second kappa shape index (κ2) is 16.3. The molecule has 0 fully saturated rings. The molecule has 2 unspecified atom stereocenters. The van der Waals surface area contributed by atoms with Gasteiger partial charge in [0.1, 0.15) is 0 Å². The zero-order valence-corrected chi connectivity index (χ0v) is 24.3. The molecule has 42 heavy (non-hydrogen) atoms. The zero-order valence-electron chi connectivity index (χ0n) is 24.3. The fourth-order valence-electron chi connectivity index (χ4n) is 3.16. The summed E-state index contributed by atoms with van der Waals surface area (Å²) in [5, 5.41) is 0. The highest BCUT2D eigenvalue weighted by molar-refractivity contribution is 5.55. The predicted octanol–water partition coefficient (Wildman–Crippen LogP) is 12.1. The first kappa shape index (κ1) is 38.6. The van der Waals surface area contributed by atoms with Crippen molar-refractivity contribution < 1.29 is 44.3 Å². The minimum atomic E-state index is -6.21. The summed E-state index contributed by atoms with van der Waals surface area (Å²) >= 11 is 0. The molecule has 0 radical (unpaired) electrons. The molecule has 0 aliphatic rings. The quantitative estimate of drug-likeness (QED) is 0.0907. The van der Waals surface area contributed by atoms with Gasteiger partial charge in [-0.3, -0.25) is 0 Å². The van der Waals surface area contributed by atoms with Crippen LogP contribution in [0, 0.1) is 11.8 Å². The predicted molar refractivity (Wildman–Crippen MR) is 151 cm³/mol. The van der Waals surface area contributed by atoms with Gasteiger partial charge in [-0.1, -0.05) is 97.7 Å². The van der Waals surface area contributed by atoms with Crippen molar-refractivity contribution in [2.24, 2.45) is 11.8 Å². The Morgan fingerprint density at radius 1 is 0.714 bits per heavy atom. The Bertz CT molecular complexity index is 1210. The van der Waals surface area contributed by atoms with E-state index >= 15 is 0 Å². The van der Waals surface area contributed by atoms with E-state index in [9.17, 15) is 39.5 Å². The average Bonchev–Trinajstić information content (AvgIpc) is 2.92. The fraction of sp³-hybridized carbons (Fsp3) is 0.375. The molecule has 0 rings (SSSR count). The number of allylic oxidation sites excluding steroid dienone is 13. The summed E-state index contributed by atoms with van der Waals surface area (Å²) in [6.45, 7) is 27.5. The lowest BCUT2D eigenvalue weighted by atomic mass is 9.87. The fourth-order valence-corrected chi connectivity index (χ4v) is 3.16. The second-order valence-electron chi connectivity index (χ2n) is 9.83. The minimum Gasteiger partial charge on any atom is -0.423 e. The lowest BCUT2D eigenvalue weighted by Gasteiger charge is -2.20. The number of ether oxygens (including phenoxy) is 1. The number of hydrogen-bond acceptors (Lipinski definition) is 1. The van der Waals surface area contributed by atoms with Crippen LogP contribution in [0.25, 0.3) is 0 Å². The first-order valence-electron chi connectivity index (χ1n) is 12.8. The lowest BCUT2D eigenvalue weighted by molar-refractivity contribution is -0.378. The van der Waals surface area contributed by atoms with Crippen LogP contribution < -0.4 is 0 Å². The van der Waals surface area contributed by atoms with Crippen LogP contribution in [0.3, 0.4) is 0 Å². The van der Waals surface area contributed by atoms with Crippen molar-refractivity contribution in [1.29, 1.82) is 0 Å². The number of unbranched alkanes of at least 4 members (excludes halogenated alkanes) is 1. The van der Waals surface area contributed by atoms with E-state index in [0.29, 0.717) is 23.8 Å². The van der Waals surface area contributed by atoms with Crippen LogP contribution in [-0.4, -0.2) is 12.3 Å². The summed E-state index contributed by atoms with van der Waals surface area (Å²) in [5.41, 5.74) is -1.81. The topological polar surface area (TPSA) is 9.23 Å². The maximum Gasteiger partial charge on any atom is 0.499 e.